The van der Waals surface area contributed by atoms with Crippen molar-refractivity contribution in [1.82, 2.24) is 20.2 Å². The van der Waals surface area contributed by atoms with Gasteiger partial charge in [-0.1, -0.05) is 36.4 Å². The number of thiazole rings is 1. The van der Waals surface area contributed by atoms with Crippen molar-refractivity contribution in [2.24, 2.45) is 0 Å². The molecule has 1 N–H and O–H groups in total. The van der Waals surface area contributed by atoms with Gasteiger partial charge in [0.1, 0.15) is 5.01 Å². The Hall–Kier alpha value is -2.57. The maximum Gasteiger partial charge on any atom is 0.226 e. The second kappa shape index (κ2) is 9.08. The van der Waals surface area contributed by atoms with E-state index in [0.717, 1.165) is 54.4 Å². The van der Waals surface area contributed by atoms with Crippen molar-refractivity contribution in [3.8, 4) is 10.6 Å². The molecule has 2 aromatic heterocycles. The zero-order valence-electron chi connectivity index (χ0n) is 15.8. The summed E-state index contributed by atoms with van der Waals surface area (Å²) in [4.78, 5) is 23.8. The summed E-state index contributed by atoms with van der Waals surface area (Å²) >= 11 is 1.59. The van der Waals surface area contributed by atoms with Gasteiger partial charge >= 0.3 is 0 Å². The molecule has 1 aliphatic rings. The van der Waals surface area contributed by atoms with Gasteiger partial charge in [-0.25, -0.2) is 4.98 Å². The highest BCUT2D eigenvalue weighted by Crippen LogP contribution is 2.23. The van der Waals surface area contributed by atoms with E-state index in [1.54, 1.807) is 11.3 Å². The quantitative estimate of drug-likeness (QED) is 0.697. The minimum absolute atomic E-state index is 0.0630. The fourth-order valence-electron chi connectivity index (χ4n) is 3.50. The number of nitrogens with one attached hydrogen (secondary N) is 1. The molecule has 3 heterocycles. The van der Waals surface area contributed by atoms with Gasteiger partial charge in [-0.2, -0.15) is 0 Å². The number of likely N-dealkylation sites (tertiary alicyclic amines) is 1. The number of pyridine rings is 1. The smallest absolute Gasteiger partial charge is 0.226 e. The van der Waals surface area contributed by atoms with Gasteiger partial charge < -0.3 is 5.32 Å². The van der Waals surface area contributed by atoms with Crippen LogP contribution in [0.5, 0.6) is 0 Å². The van der Waals surface area contributed by atoms with Crippen LogP contribution in [-0.2, 0) is 17.8 Å². The Morgan fingerprint density at radius 3 is 2.61 bits per heavy atom. The maximum atomic E-state index is 12.4. The van der Waals surface area contributed by atoms with Crippen LogP contribution in [0.4, 0.5) is 0 Å². The van der Waals surface area contributed by atoms with Crippen molar-refractivity contribution in [2.75, 3.05) is 13.1 Å². The molecule has 1 fully saturated rings. The molecular formula is C22H24N4OS. The Morgan fingerprint density at radius 1 is 1.07 bits per heavy atom. The van der Waals surface area contributed by atoms with Gasteiger partial charge in [-0.15, -0.1) is 11.3 Å². The number of carbonyl (C=O) groups excluding carboxylic acids is 1. The average molecular weight is 393 g/mol. The van der Waals surface area contributed by atoms with Gasteiger partial charge in [0.05, 0.1) is 17.8 Å². The van der Waals surface area contributed by atoms with Gasteiger partial charge in [0.15, 0.2) is 0 Å². The number of carbonyl (C=O) groups is 1. The summed E-state index contributed by atoms with van der Waals surface area (Å²) in [5.74, 6) is 0.0630. The molecule has 0 radical (unpaired) electrons. The molecule has 1 aromatic carbocycles. The maximum absolute atomic E-state index is 12.4. The monoisotopic (exact) mass is 392 g/mol. The number of nitrogens with zero attached hydrogens (tertiary/aromatic N) is 3. The molecule has 1 saturated heterocycles. The van der Waals surface area contributed by atoms with Crippen molar-refractivity contribution in [1.29, 1.82) is 0 Å². The molecule has 4 rings (SSSR count). The molecule has 0 spiro atoms. The molecule has 0 unspecified atom stereocenters. The van der Waals surface area contributed by atoms with Crippen LogP contribution in [0, 0.1) is 0 Å². The molecule has 1 aliphatic heterocycles. The third kappa shape index (κ3) is 5.03. The van der Waals surface area contributed by atoms with Crippen LogP contribution in [0.3, 0.4) is 0 Å². The standard InChI is InChI=1S/C22H24N4OS/c27-21(14-20-16-28-22(25-20)17-6-2-1-3-7-17)24-18-9-12-26(13-10-18)15-19-8-4-5-11-23-19/h1-8,11,16,18H,9-10,12-15H2,(H,24,27). The fraction of sp³-hybridized carbons (Fsp3) is 0.318. The van der Waals surface area contributed by atoms with E-state index in [-0.39, 0.29) is 11.9 Å². The first-order chi connectivity index (χ1) is 13.8. The minimum Gasteiger partial charge on any atom is -0.353 e. The number of piperidine rings is 1. The SMILES string of the molecule is O=C(Cc1csc(-c2ccccc2)n1)NC1CCN(Cc2ccccn2)CC1. The van der Waals surface area contributed by atoms with Crippen molar-refractivity contribution in [2.45, 2.75) is 31.8 Å². The zero-order chi connectivity index (χ0) is 19.2. The van der Waals surface area contributed by atoms with E-state index >= 15 is 0 Å². The number of hydrogen-bond donors (Lipinski definition) is 1. The summed E-state index contributed by atoms with van der Waals surface area (Å²) in [7, 11) is 0. The summed E-state index contributed by atoms with van der Waals surface area (Å²) < 4.78 is 0. The molecule has 5 nitrogen and oxygen atoms in total. The van der Waals surface area contributed by atoms with Crippen LogP contribution in [0.2, 0.25) is 0 Å². The van der Waals surface area contributed by atoms with Crippen LogP contribution in [0.1, 0.15) is 24.2 Å². The van der Waals surface area contributed by atoms with E-state index in [9.17, 15) is 4.79 Å². The van der Waals surface area contributed by atoms with E-state index in [4.69, 9.17) is 0 Å². The Bertz CT molecular complexity index is 889. The molecule has 28 heavy (non-hydrogen) atoms. The van der Waals surface area contributed by atoms with Gasteiger partial charge in [0.2, 0.25) is 5.91 Å². The minimum atomic E-state index is 0.0630. The summed E-state index contributed by atoms with van der Waals surface area (Å²) in [6.45, 7) is 2.84. The highest BCUT2D eigenvalue weighted by Gasteiger charge is 2.21. The topological polar surface area (TPSA) is 58.1 Å². The van der Waals surface area contributed by atoms with Crippen molar-refractivity contribution >= 4 is 17.2 Å². The van der Waals surface area contributed by atoms with Crippen LogP contribution in [-0.4, -0.2) is 39.9 Å². The van der Waals surface area contributed by atoms with E-state index in [1.165, 1.54) is 0 Å². The van der Waals surface area contributed by atoms with Gasteiger partial charge in [-0.05, 0) is 25.0 Å². The van der Waals surface area contributed by atoms with Crippen LogP contribution >= 0.6 is 11.3 Å². The lowest BCUT2D eigenvalue weighted by molar-refractivity contribution is -0.121. The van der Waals surface area contributed by atoms with E-state index < -0.39 is 0 Å². The molecule has 3 aromatic rings. The van der Waals surface area contributed by atoms with Gasteiger partial charge in [-0.3, -0.25) is 14.7 Å². The summed E-state index contributed by atoms with van der Waals surface area (Å²) in [5, 5.41) is 6.13. The predicted molar refractivity (Wildman–Crippen MR) is 112 cm³/mol. The molecule has 0 bridgehead atoms. The molecule has 0 atom stereocenters. The molecule has 144 valence electrons. The highest BCUT2D eigenvalue weighted by molar-refractivity contribution is 7.13. The first-order valence-corrected chi connectivity index (χ1v) is 10.6. The lowest BCUT2D eigenvalue weighted by atomic mass is 10.0. The molecule has 6 heteroatoms. The van der Waals surface area contributed by atoms with Crippen molar-refractivity contribution in [3.05, 3.63) is 71.5 Å². The number of benzene rings is 1. The van der Waals surface area contributed by atoms with Crippen molar-refractivity contribution < 1.29 is 4.79 Å². The summed E-state index contributed by atoms with van der Waals surface area (Å²) in [6, 6.07) is 16.4. The normalized spacial score (nSPS) is 15.4. The van der Waals surface area contributed by atoms with Crippen LogP contribution < -0.4 is 5.32 Å². The first-order valence-electron chi connectivity index (χ1n) is 9.68. The van der Waals surface area contributed by atoms with Gasteiger partial charge in [0, 0.05) is 42.8 Å². The third-order valence-corrected chi connectivity index (χ3v) is 5.92. The summed E-state index contributed by atoms with van der Waals surface area (Å²) in [6.07, 6.45) is 4.14. The van der Waals surface area contributed by atoms with E-state index in [1.807, 2.05) is 54.0 Å². The number of rotatable bonds is 6. The summed E-state index contributed by atoms with van der Waals surface area (Å²) in [5.41, 5.74) is 3.04. The lowest BCUT2D eigenvalue weighted by Crippen LogP contribution is -2.44. The zero-order valence-corrected chi connectivity index (χ0v) is 16.6. The van der Waals surface area contributed by atoms with Gasteiger partial charge in [0.25, 0.3) is 0 Å². The molecule has 0 saturated carbocycles. The Morgan fingerprint density at radius 2 is 1.86 bits per heavy atom. The average Bonchev–Trinajstić information content (AvgIpc) is 3.19. The number of amides is 1. The Kier molecular flexibility index (Phi) is 6.09. The van der Waals surface area contributed by atoms with E-state index in [0.29, 0.717) is 6.42 Å². The predicted octanol–water partition coefficient (Wildman–Crippen LogP) is 3.53. The largest absolute Gasteiger partial charge is 0.353 e. The lowest BCUT2D eigenvalue weighted by Gasteiger charge is -2.32. The Balaban J connectivity index is 1.23. The Labute approximate surface area is 169 Å². The molecular weight excluding hydrogens is 368 g/mol. The van der Waals surface area contributed by atoms with Crippen LogP contribution in [0.25, 0.3) is 10.6 Å². The van der Waals surface area contributed by atoms with E-state index in [2.05, 4.69) is 26.3 Å². The highest BCUT2D eigenvalue weighted by atomic mass is 32.1. The third-order valence-electron chi connectivity index (χ3n) is 4.98. The number of aromatic nitrogens is 2. The second-order valence-electron chi connectivity index (χ2n) is 7.13. The fourth-order valence-corrected chi connectivity index (χ4v) is 4.33. The first kappa shape index (κ1) is 18.8. The molecule has 1 amide bonds. The molecule has 0 aliphatic carbocycles. The van der Waals surface area contributed by atoms with Crippen molar-refractivity contribution in [3.63, 3.8) is 0 Å². The van der Waals surface area contributed by atoms with Crippen LogP contribution in [0.15, 0.2) is 60.1 Å². The second-order valence-corrected chi connectivity index (χ2v) is 7.98. The number of hydrogen-bond acceptors (Lipinski definition) is 5.